The van der Waals surface area contributed by atoms with Gasteiger partial charge in [-0.25, -0.2) is 0 Å². The zero-order valence-electron chi connectivity index (χ0n) is 10.2. The number of rotatable bonds is 0. The van der Waals surface area contributed by atoms with Crippen molar-refractivity contribution in [2.45, 2.75) is 19.3 Å². The zero-order chi connectivity index (χ0) is 12.0. The highest BCUT2D eigenvalue weighted by molar-refractivity contribution is 5.20. The Morgan fingerprint density at radius 3 is 1.00 bits per heavy atom. The van der Waals surface area contributed by atoms with E-state index in [4.69, 9.17) is 0 Å². The summed E-state index contributed by atoms with van der Waals surface area (Å²) in [6, 6.07) is 0. The summed E-state index contributed by atoms with van der Waals surface area (Å²) in [6.07, 6.45) is 32.5. The molecule has 0 spiro atoms. The van der Waals surface area contributed by atoms with Crippen LogP contribution in [-0.4, -0.2) is 0 Å². The first-order valence-corrected chi connectivity index (χ1v) is 6.15. The Labute approximate surface area is 105 Å². The molecular formula is C17H20. The van der Waals surface area contributed by atoms with E-state index < -0.39 is 0 Å². The monoisotopic (exact) mass is 224 g/mol. The minimum absolute atomic E-state index is 1.14. The van der Waals surface area contributed by atoms with Gasteiger partial charge in [-0.2, -0.15) is 0 Å². The van der Waals surface area contributed by atoms with E-state index >= 15 is 0 Å². The van der Waals surface area contributed by atoms with Gasteiger partial charge in [0.1, 0.15) is 0 Å². The maximum Gasteiger partial charge on any atom is -0.0345 e. The van der Waals surface area contributed by atoms with Crippen molar-refractivity contribution in [3.63, 3.8) is 0 Å². The van der Waals surface area contributed by atoms with E-state index in [0.717, 1.165) is 12.8 Å². The summed E-state index contributed by atoms with van der Waals surface area (Å²) in [4.78, 5) is 0. The van der Waals surface area contributed by atoms with Crippen LogP contribution in [0.15, 0.2) is 85.1 Å². The Bertz CT molecular complexity index is 335. The Kier molecular flexibility index (Phi) is 8.33. The molecule has 1 rings (SSSR count). The first-order valence-electron chi connectivity index (χ1n) is 6.15. The molecule has 0 heteroatoms. The molecule has 0 fully saturated rings. The summed E-state index contributed by atoms with van der Waals surface area (Å²) in [5, 5.41) is 0. The quantitative estimate of drug-likeness (QED) is 0.539. The van der Waals surface area contributed by atoms with Crippen molar-refractivity contribution in [3.8, 4) is 0 Å². The average Bonchev–Trinajstić information content (AvgIpc) is 2.35. The van der Waals surface area contributed by atoms with Crippen molar-refractivity contribution in [1.29, 1.82) is 0 Å². The smallest absolute Gasteiger partial charge is 0.0345 e. The fourth-order valence-electron chi connectivity index (χ4n) is 1.34. The van der Waals surface area contributed by atoms with Gasteiger partial charge in [0.15, 0.2) is 0 Å². The maximum atomic E-state index is 2.21. The van der Waals surface area contributed by atoms with E-state index in [0.29, 0.717) is 0 Å². The molecule has 0 aromatic carbocycles. The third kappa shape index (κ3) is 9.13. The van der Waals surface area contributed by atoms with Gasteiger partial charge in [-0.3, -0.25) is 0 Å². The van der Waals surface area contributed by atoms with Crippen molar-refractivity contribution < 1.29 is 0 Å². The normalized spacial score (nSPS) is 28.7. The van der Waals surface area contributed by atoms with Crippen LogP contribution in [0.5, 0.6) is 0 Å². The van der Waals surface area contributed by atoms with Gasteiger partial charge in [-0.15, -0.1) is 0 Å². The molecule has 0 unspecified atom stereocenters. The predicted molar refractivity (Wildman–Crippen MR) is 77.8 cm³/mol. The molecule has 0 aromatic rings. The largest absolute Gasteiger partial charge is 0.0845 e. The highest BCUT2D eigenvalue weighted by Crippen LogP contribution is 1.98. The number of hydrogen-bond donors (Lipinski definition) is 0. The molecule has 0 nitrogen and oxygen atoms in total. The Balaban J connectivity index is 2.54. The van der Waals surface area contributed by atoms with Crippen molar-refractivity contribution in [3.05, 3.63) is 85.1 Å². The van der Waals surface area contributed by atoms with Gasteiger partial charge in [-0.05, 0) is 19.3 Å². The van der Waals surface area contributed by atoms with Crippen LogP contribution >= 0.6 is 0 Å². The molecule has 0 radical (unpaired) electrons. The topological polar surface area (TPSA) is 0 Å². The fraction of sp³-hybridized carbons (Fsp3) is 0.176. The predicted octanol–water partition coefficient (Wildman–Crippen LogP) is 5.06. The van der Waals surface area contributed by atoms with Crippen LogP contribution in [0.2, 0.25) is 0 Å². The molecule has 0 amide bonds. The summed E-state index contributed by atoms with van der Waals surface area (Å²) >= 11 is 0. The molecular weight excluding hydrogens is 204 g/mol. The molecule has 0 heterocycles. The molecule has 1 aliphatic rings. The van der Waals surface area contributed by atoms with Gasteiger partial charge in [0.25, 0.3) is 0 Å². The average molecular weight is 224 g/mol. The zero-order valence-corrected chi connectivity index (χ0v) is 10.2. The molecule has 0 N–H and O–H groups in total. The summed E-state index contributed by atoms with van der Waals surface area (Å²) in [5.74, 6) is 0. The molecule has 0 saturated heterocycles. The van der Waals surface area contributed by atoms with Crippen LogP contribution in [0, 0.1) is 0 Å². The third-order valence-corrected chi connectivity index (χ3v) is 2.24. The van der Waals surface area contributed by atoms with Crippen LogP contribution < -0.4 is 0 Å². The van der Waals surface area contributed by atoms with E-state index in [9.17, 15) is 0 Å². The second-order valence-electron chi connectivity index (χ2n) is 3.71. The number of hydrogen-bond acceptors (Lipinski definition) is 0. The standard InChI is InChI=1S/C17H20/c1-2-4-6-8-10-12-14-16-17-15-13-11-9-7-5-3-1/h1-14H,15-17H2/b2-1+,5-3-,6-4+,9-7+,10-8-,13-11?,14-12+. The Morgan fingerprint density at radius 2 is 0.647 bits per heavy atom. The van der Waals surface area contributed by atoms with E-state index in [-0.39, 0.29) is 0 Å². The molecule has 17 heavy (non-hydrogen) atoms. The first kappa shape index (κ1) is 13.2. The fourth-order valence-corrected chi connectivity index (χ4v) is 1.34. The second kappa shape index (κ2) is 10.7. The van der Waals surface area contributed by atoms with Gasteiger partial charge in [-0.1, -0.05) is 85.1 Å². The molecule has 0 bridgehead atoms. The summed E-state index contributed by atoms with van der Waals surface area (Å²) in [5.41, 5.74) is 0. The van der Waals surface area contributed by atoms with Crippen molar-refractivity contribution in [2.24, 2.45) is 0 Å². The molecule has 0 aromatic heterocycles. The minimum atomic E-state index is 1.14. The van der Waals surface area contributed by atoms with Crippen LogP contribution in [0.3, 0.4) is 0 Å². The van der Waals surface area contributed by atoms with Gasteiger partial charge >= 0.3 is 0 Å². The minimum Gasteiger partial charge on any atom is -0.0845 e. The molecule has 0 atom stereocenters. The van der Waals surface area contributed by atoms with Gasteiger partial charge in [0, 0.05) is 0 Å². The molecule has 0 saturated carbocycles. The maximum absolute atomic E-state index is 2.21. The Hall–Kier alpha value is -1.82. The van der Waals surface area contributed by atoms with Gasteiger partial charge < -0.3 is 0 Å². The Morgan fingerprint density at radius 1 is 0.353 bits per heavy atom. The highest BCUT2D eigenvalue weighted by Gasteiger charge is 1.78. The van der Waals surface area contributed by atoms with Crippen molar-refractivity contribution in [1.82, 2.24) is 0 Å². The van der Waals surface area contributed by atoms with Crippen LogP contribution in [-0.2, 0) is 0 Å². The van der Waals surface area contributed by atoms with Gasteiger partial charge in [0.2, 0.25) is 0 Å². The SMILES string of the molecule is C1=CCCC/C=C/C=C\C=C\C=C\C=C/C=C/1. The second-order valence-corrected chi connectivity index (χ2v) is 3.71. The number of allylic oxidation sites excluding steroid dienone is 14. The summed E-state index contributed by atoms with van der Waals surface area (Å²) in [6.45, 7) is 0. The van der Waals surface area contributed by atoms with E-state index in [1.54, 1.807) is 0 Å². The van der Waals surface area contributed by atoms with Crippen LogP contribution in [0.25, 0.3) is 0 Å². The molecule has 88 valence electrons. The lowest BCUT2D eigenvalue weighted by molar-refractivity contribution is 0.868. The van der Waals surface area contributed by atoms with Crippen molar-refractivity contribution >= 4 is 0 Å². The lowest BCUT2D eigenvalue weighted by atomic mass is 10.2. The van der Waals surface area contributed by atoms with Crippen LogP contribution in [0.4, 0.5) is 0 Å². The van der Waals surface area contributed by atoms with Crippen molar-refractivity contribution in [2.75, 3.05) is 0 Å². The van der Waals surface area contributed by atoms with E-state index in [2.05, 4.69) is 36.5 Å². The molecule has 0 aliphatic heterocycles. The van der Waals surface area contributed by atoms with E-state index in [1.807, 2.05) is 48.6 Å². The van der Waals surface area contributed by atoms with Crippen LogP contribution in [0.1, 0.15) is 19.3 Å². The summed E-state index contributed by atoms with van der Waals surface area (Å²) < 4.78 is 0. The van der Waals surface area contributed by atoms with E-state index in [1.165, 1.54) is 6.42 Å². The molecule has 1 aliphatic carbocycles. The lowest BCUT2D eigenvalue weighted by Crippen LogP contribution is -1.68. The third-order valence-electron chi connectivity index (χ3n) is 2.24. The highest BCUT2D eigenvalue weighted by atomic mass is 13.8. The lowest BCUT2D eigenvalue weighted by Gasteiger charge is -1.88. The first-order chi connectivity index (χ1) is 8.50. The summed E-state index contributed by atoms with van der Waals surface area (Å²) in [7, 11) is 0. The van der Waals surface area contributed by atoms with Gasteiger partial charge in [0.05, 0.1) is 0 Å².